The molecule has 6 heteroatoms. The van der Waals surface area contributed by atoms with Crippen molar-refractivity contribution in [2.45, 2.75) is 104 Å². The number of fused-ring (bicyclic) bond motifs is 2. The van der Waals surface area contributed by atoms with Gasteiger partial charge in [0.2, 0.25) is 5.91 Å². The summed E-state index contributed by atoms with van der Waals surface area (Å²) in [4.78, 5) is 31.3. The highest BCUT2D eigenvalue weighted by Gasteiger charge is 2.70. The van der Waals surface area contributed by atoms with E-state index in [1.807, 2.05) is 4.90 Å². The van der Waals surface area contributed by atoms with E-state index in [0.29, 0.717) is 18.0 Å². The lowest BCUT2D eigenvalue weighted by molar-refractivity contribution is -0.168. The van der Waals surface area contributed by atoms with Crippen LogP contribution < -0.4 is 0 Å². The number of esters is 1. The van der Waals surface area contributed by atoms with E-state index in [0.717, 1.165) is 45.2 Å². The molecule has 1 heterocycles. The van der Waals surface area contributed by atoms with Crippen LogP contribution >= 0.6 is 0 Å². The quantitative estimate of drug-likeness (QED) is 0.316. The number of hydrogen-bond acceptors (Lipinski definition) is 5. The van der Waals surface area contributed by atoms with Gasteiger partial charge in [-0.25, -0.2) is 4.79 Å². The van der Waals surface area contributed by atoms with E-state index in [1.165, 1.54) is 6.08 Å². The summed E-state index contributed by atoms with van der Waals surface area (Å²) in [6.07, 6.45) is 6.83. The van der Waals surface area contributed by atoms with E-state index in [2.05, 4.69) is 53.0 Å². The third kappa shape index (κ3) is 4.48. The molecule has 3 aliphatic rings. The Kier molecular flexibility index (Phi) is 7.67. The first kappa shape index (κ1) is 25.8. The van der Waals surface area contributed by atoms with Crippen molar-refractivity contribution in [1.29, 1.82) is 0 Å². The molecule has 2 aliphatic carbocycles. The summed E-state index contributed by atoms with van der Waals surface area (Å²) >= 11 is 0. The molecule has 1 aliphatic heterocycles. The Hall–Kier alpha value is -1.82. The van der Waals surface area contributed by atoms with Crippen LogP contribution in [0, 0.1) is 16.7 Å². The van der Waals surface area contributed by atoms with Gasteiger partial charge in [-0.3, -0.25) is 4.79 Å². The van der Waals surface area contributed by atoms with Gasteiger partial charge in [0.15, 0.2) is 0 Å². The third-order valence-corrected chi connectivity index (χ3v) is 8.56. The summed E-state index contributed by atoms with van der Waals surface area (Å²) in [5.41, 5.74) is -0.337. The number of ether oxygens (including phenoxy) is 1. The number of rotatable bonds is 9. The molecule has 33 heavy (non-hydrogen) atoms. The zero-order valence-electron chi connectivity index (χ0n) is 21.5. The maximum Gasteiger partial charge on any atom is 0.332 e. The Balaban J connectivity index is 1.90. The second-order valence-corrected chi connectivity index (χ2v) is 11.3. The van der Waals surface area contributed by atoms with Gasteiger partial charge < -0.3 is 19.6 Å². The van der Waals surface area contributed by atoms with Gasteiger partial charge in [-0.2, -0.15) is 0 Å². The Morgan fingerprint density at radius 3 is 2.30 bits per heavy atom. The van der Waals surface area contributed by atoms with Crippen LogP contribution in [-0.4, -0.2) is 64.2 Å². The molecule has 0 spiro atoms. The van der Waals surface area contributed by atoms with Gasteiger partial charge in [-0.1, -0.05) is 19.9 Å². The van der Waals surface area contributed by atoms with Gasteiger partial charge in [-0.15, -0.1) is 6.58 Å². The first-order valence-electron chi connectivity index (χ1n) is 12.8. The Bertz CT molecular complexity index is 773. The highest BCUT2D eigenvalue weighted by Crippen LogP contribution is 2.67. The normalized spacial score (nSPS) is 29.6. The topological polar surface area (TPSA) is 70.1 Å². The summed E-state index contributed by atoms with van der Waals surface area (Å²) in [6, 6.07) is 0.156. The third-order valence-electron chi connectivity index (χ3n) is 8.56. The smallest absolute Gasteiger partial charge is 0.332 e. The molecule has 0 aromatic rings. The van der Waals surface area contributed by atoms with Crippen molar-refractivity contribution in [1.82, 2.24) is 9.80 Å². The monoisotopic (exact) mass is 460 g/mol. The Labute approximate surface area is 200 Å². The maximum atomic E-state index is 14.1. The maximum absolute atomic E-state index is 14.1. The molecule has 1 N–H and O–H groups in total. The van der Waals surface area contributed by atoms with Crippen molar-refractivity contribution in [3.8, 4) is 0 Å². The highest BCUT2D eigenvalue weighted by molar-refractivity contribution is 5.88. The van der Waals surface area contributed by atoms with Gasteiger partial charge >= 0.3 is 5.97 Å². The van der Waals surface area contributed by atoms with Crippen LogP contribution in [0.4, 0.5) is 0 Å². The fraction of sp³-hybridized carbons (Fsp3) is 0.778. The largest absolute Gasteiger partial charge is 0.458 e. The summed E-state index contributed by atoms with van der Waals surface area (Å²) in [5.74, 6) is 0.0146. The first-order valence-corrected chi connectivity index (χ1v) is 12.8. The van der Waals surface area contributed by atoms with Crippen LogP contribution in [0.2, 0.25) is 0 Å². The molecule has 6 nitrogen and oxygen atoms in total. The molecule has 3 rings (SSSR count). The van der Waals surface area contributed by atoms with Crippen LogP contribution in [0.3, 0.4) is 0 Å². The average molecular weight is 461 g/mol. The zero-order valence-corrected chi connectivity index (χ0v) is 21.5. The molecule has 4 atom stereocenters. The van der Waals surface area contributed by atoms with Crippen molar-refractivity contribution in [2.24, 2.45) is 16.7 Å². The van der Waals surface area contributed by atoms with Crippen LogP contribution in [-0.2, 0) is 14.3 Å². The van der Waals surface area contributed by atoms with Crippen molar-refractivity contribution in [2.75, 3.05) is 13.1 Å². The van der Waals surface area contributed by atoms with E-state index in [9.17, 15) is 14.7 Å². The lowest BCUT2D eigenvalue weighted by Gasteiger charge is -2.45. The van der Waals surface area contributed by atoms with E-state index in [1.54, 1.807) is 6.08 Å². The fourth-order valence-corrected chi connectivity index (χ4v) is 6.81. The van der Waals surface area contributed by atoms with Gasteiger partial charge in [0.05, 0.1) is 11.5 Å². The number of aliphatic hydroxyl groups excluding tert-OH is 1. The summed E-state index contributed by atoms with van der Waals surface area (Å²) < 4.78 is 6.11. The van der Waals surface area contributed by atoms with Gasteiger partial charge in [-0.05, 0) is 77.6 Å². The number of carbonyl (C=O) groups is 2. The summed E-state index contributed by atoms with van der Waals surface area (Å²) in [6.45, 7) is 17.9. The number of amides is 1. The molecule has 1 amide bonds. The zero-order chi connectivity index (χ0) is 24.6. The molecule has 0 unspecified atom stereocenters. The van der Waals surface area contributed by atoms with E-state index in [-0.39, 0.29) is 23.4 Å². The second-order valence-electron chi connectivity index (χ2n) is 11.3. The summed E-state index contributed by atoms with van der Waals surface area (Å²) in [5, 5.41) is 10.7. The average Bonchev–Trinajstić information content (AvgIpc) is 3.38. The lowest BCUT2D eigenvalue weighted by Crippen LogP contribution is -2.57. The Morgan fingerprint density at radius 1 is 1.18 bits per heavy atom. The molecular formula is C27H44N2O4. The number of hydrogen-bond donors (Lipinski definition) is 1. The van der Waals surface area contributed by atoms with Crippen molar-refractivity contribution in [3.05, 3.63) is 24.4 Å². The SMILES string of the molecule is C=CC[C@@H](O)/C(=C\C(=O)O[C@@H]1C[C@H]2CC[C@]1(C(=O)N(C(C)C)C(C)C)C2(C)C)N1CCCC1. The summed E-state index contributed by atoms with van der Waals surface area (Å²) in [7, 11) is 0. The molecule has 186 valence electrons. The number of nitrogens with zero attached hydrogens (tertiary/aromatic N) is 2. The van der Waals surface area contributed by atoms with Crippen LogP contribution in [0.5, 0.6) is 0 Å². The molecule has 2 bridgehead atoms. The Morgan fingerprint density at radius 2 is 1.79 bits per heavy atom. The molecule has 0 radical (unpaired) electrons. The minimum atomic E-state index is -0.780. The van der Waals surface area contributed by atoms with E-state index >= 15 is 0 Å². The van der Waals surface area contributed by atoms with Crippen LogP contribution in [0.25, 0.3) is 0 Å². The lowest BCUT2D eigenvalue weighted by atomic mass is 9.67. The van der Waals surface area contributed by atoms with Crippen molar-refractivity contribution >= 4 is 11.9 Å². The van der Waals surface area contributed by atoms with Gasteiger partial charge in [0.1, 0.15) is 6.10 Å². The molecular weight excluding hydrogens is 416 g/mol. The second kappa shape index (κ2) is 9.81. The number of aliphatic hydroxyl groups is 1. The first-order chi connectivity index (χ1) is 15.5. The minimum Gasteiger partial charge on any atom is -0.458 e. The van der Waals surface area contributed by atoms with Crippen LogP contribution in [0.15, 0.2) is 24.4 Å². The van der Waals surface area contributed by atoms with Crippen LogP contribution in [0.1, 0.15) is 80.1 Å². The van der Waals surface area contributed by atoms with E-state index in [4.69, 9.17) is 4.74 Å². The van der Waals surface area contributed by atoms with Crippen molar-refractivity contribution < 1.29 is 19.4 Å². The minimum absolute atomic E-state index is 0.0781. The number of carbonyl (C=O) groups excluding carboxylic acids is 2. The molecule has 0 aromatic carbocycles. The number of likely N-dealkylation sites (tertiary alicyclic amines) is 1. The highest BCUT2D eigenvalue weighted by atomic mass is 16.5. The van der Waals surface area contributed by atoms with E-state index < -0.39 is 23.6 Å². The van der Waals surface area contributed by atoms with Crippen molar-refractivity contribution in [3.63, 3.8) is 0 Å². The fourth-order valence-electron chi connectivity index (χ4n) is 6.81. The molecule has 1 saturated heterocycles. The van der Waals surface area contributed by atoms with Gasteiger partial charge in [0.25, 0.3) is 0 Å². The molecule has 2 saturated carbocycles. The molecule has 0 aromatic heterocycles. The van der Waals surface area contributed by atoms with Gasteiger partial charge in [0, 0.05) is 36.9 Å². The standard InChI is InChI=1S/C27H44N2O4/c1-8-11-22(30)21(28-14-9-10-15-28)17-24(31)33-23-16-20-12-13-27(23,26(20,6)7)25(32)29(18(2)3)19(4)5/h8,17-20,22-23,30H,1,9-16H2,2-7H3/b21-17+/t20-,22-,23-,27+/m1/s1. The molecule has 3 fully saturated rings. The predicted octanol–water partition coefficient (Wildman–Crippen LogP) is 4.29. The predicted molar refractivity (Wildman–Crippen MR) is 130 cm³/mol.